The highest BCUT2D eigenvalue weighted by atomic mass is 79.9. The fourth-order valence-electron chi connectivity index (χ4n) is 2.15. The Kier molecular flexibility index (Phi) is 5.16. The van der Waals surface area contributed by atoms with Crippen LogP contribution < -0.4 is 11.3 Å². The molecule has 0 heterocycles. The molecule has 0 radical (unpaired) electrons. The average Bonchev–Trinajstić information content (AvgIpc) is 2.36. The largest absolute Gasteiger partial charge is 0.271 e. The molecule has 0 bridgehead atoms. The highest BCUT2D eigenvalue weighted by Gasteiger charge is 2.14. The van der Waals surface area contributed by atoms with Crippen LogP contribution in [-0.2, 0) is 6.42 Å². The van der Waals surface area contributed by atoms with Crippen LogP contribution in [0.3, 0.4) is 0 Å². The van der Waals surface area contributed by atoms with Gasteiger partial charge < -0.3 is 0 Å². The minimum absolute atomic E-state index is 0.0887. The lowest BCUT2D eigenvalue weighted by molar-refractivity contribution is 0.549. The van der Waals surface area contributed by atoms with Gasteiger partial charge in [0.15, 0.2) is 0 Å². The van der Waals surface area contributed by atoms with Crippen LogP contribution in [0.4, 0.5) is 4.39 Å². The molecule has 0 amide bonds. The second-order valence-corrected chi connectivity index (χ2v) is 6.01. The van der Waals surface area contributed by atoms with Crippen molar-refractivity contribution >= 4 is 27.5 Å². The van der Waals surface area contributed by atoms with Crippen LogP contribution in [0.25, 0.3) is 0 Å². The van der Waals surface area contributed by atoms with Gasteiger partial charge in [-0.05, 0) is 54.3 Å². The van der Waals surface area contributed by atoms with Crippen LogP contribution in [-0.4, -0.2) is 0 Å². The minimum atomic E-state index is -0.267. The molecule has 3 N–H and O–H groups in total. The van der Waals surface area contributed by atoms with E-state index in [1.807, 2.05) is 25.1 Å². The van der Waals surface area contributed by atoms with Gasteiger partial charge in [0.2, 0.25) is 0 Å². The van der Waals surface area contributed by atoms with Crippen LogP contribution in [0.5, 0.6) is 0 Å². The van der Waals surface area contributed by atoms with Gasteiger partial charge in [0, 0.05) is 9.50 Å². The Balaban J connectivity index is 2.28. The summed E-state index contributed by atoms with van der Waals surface area (Å²) in [4.78, 5) is 0. The van der Waals surface area contributed by atoms with Gasteiger partial charge in [-0.3, -0.25) is 11.3 Å². The van der Waals surface area contributed by atoms with Crippen LogP contribution in [0, 0.1) is 12.7 Å². The smallest absolute Gasteiger partial charge is 0.124 e. The van der Waals surface area contributed by atoms with Gasteiger partial charge in [0.1, 0.15) is 5.82 Å². The fourth-order valence-corrected chi connectivity index (χ4v) is 2.96. The van der Waals surface area contributed by atoms with E-state index in [9.17, 15) is 4.39 Å². The molecular formula is C15H15BrClFN2. The average molecular weight is 358 g/mol. The Bertz CT molecular complexity index is 599. The Morgan fingerprint density at radius 1 is 1.30 bits per heavy atom. The van der Waals surface area contributed by atoms with Crippen molar-refractivity contribution < 1.29 is 4.39 Å². The topological polar surface area (TPSA) is 38.0 Å². The Labute approximate surface area is 131 Å². The number of rotatable bonds is 4. The number of aryl methyl sites for hydroxylation is 1. The van der Waals surface area contributed by atoms with E-state index in [1.165, 1.54) is 12.1 Å². The van der Waals surface area contributed by atoms with E-state index in [-0.39, 0.29) is 11.9 Å². The summed E-state index contributed by atoms with van der Waals surface area (Å²) in [5.41, 5.74) is 5.85. The quantitative estimate of drug-likeness (QED) is 0.632. The molecule has 0 aliphatic heterocycles. The van der Waals surface area contributed by atoms with Crippen molar-refractivity contribution in [3.63, 3.8) is 0 Å². The van der Waals surface area contributed by atoms with Crippen molar-refractivity contribution in [2.24, 2.45) is 5.84 Å². The third-order valence-electron chi connectivity index (χ3n) is 3.11. The van der Waals surface area contributed by atoms with Crippen LogP contribution in [0.15, 0.2) is 40.9 Å². The Hall–Kier alpha value is -0.940. The van der Waals surface area contributed by atoms with Gasteiger partial charge in [0.25, 0.3) is 0 Å². The van der Waals surface area contributed by atoms with Crippen molar-refractivity contribution in [3.8, 4) is 0 Å². The Morgan fingerprint density at radius 2 is 2.05 bits per heavy atom. The standard InChI is InChI=1S/C15H15BrClFN2/c1-9-4-11(6-12(17)5-9)15(20-19)7-10-2-3-13(18)8-14(10)16/h2-6,8,15,20H,7,19H2,1H3. The zero-order valence-corrected chi connectivity index (χ0v) is 13.3. The summed E-state index contributed by atoms with van der Waals surface area (Å²) >= 11 is 9.45. The SMILES string of the molecule is Cc1cc(Cl)cc(C(Cc2ccc(F)cc2Br)NN)c1. The number of hydrazine groups is 1. The summed E-state index contributed by atoms with van der Waals surface area (Å²) in [7, 11) is 0. The number of nitrogens with one attached hydrogen (secondary N) is 1. The maximum absolute atomic E-state index is 13.1. The van der Waals surface area contributed by atoms with Crippen molar-refractivity contribution in [2.75, 3.05) is 0 Å². The number of hydrogen-bond acceptors (Lipinski definition) is 2. The van der Waals surface area contributed by atoms with Gasteiger partial charge in [-0.15, -0.1) is 0 Å². The third-order valence-corrected chi connectivity index (χ3v) is 4.06. The molecule has 2 aromatic carbocycles. The highest BCUT2D eigenvalue weighted by Crippen LogP contribution is 2.26. The third kappa shape index (κ3) is 3.79. The first kappa shape index (κ1) is 15.4. The summed E-state index contributed by atoms with van der Waals surface area (Å²) in [5, 5.41) is 0.679. The molecular weight excluding hydrogens is 343 g/mol. The normalized spacial score (nSPS) is 12.4. The number of nitrogens with two attached hydrogens (primary N) is 1. The van der Waals surface area contributed by atoms with E-state index in [4.69, 9.17) is 17.4 Å². The highest BCUT2D eigenvalue weighted by molar-refractivity contribution is 9.10. The molecule has 106 valence electrons. The number of benzene rings is 2. The number of hydrogen-bond donors (Lipinski definition) is 2. The first-order valence-corrected chi connectivity index (χ1v) is 7.34. The Morgan fingerprint density at radius 3 is 2.65 bits per heavy atom. The molecule has 0 fully saturated rings. The van der Waals surface area contributed by atoms with Gasteiger partial charge >= 0.3 is 0 Å². The minimum Gasteiger partial charge on any atom is -0.271 e. The van der Waals surface area contributed by atoms with E-state index < -0.39 is 0 Å². The molecule has 0 aliphatic rings. The molecule has 0 saturated carbocycles. The molecule has 1 unspecified atom stereocenters. The second kappa shape index (κ2) is 6.68. The van der Waals surface area contributed by atoms with Crippen molar-refractivity contribution in [3.05, 3.63) is 68.4 Å². The molecule has 5 heteroatoms. The van der Waals surface area contributed by atoms with E-state index in [2.05, 4.69) is 21.4 Å². The predicted molar refractivity (Wildman–Crippen MR) is 84.1 cm³/mol. The number of halogens is 3. The molecule has 0 saturated heterocycles. The molecule has 0 spiro atoms. The maximum Gasteiger partial charge on any atom is 0.124 e. The molecule has 1 atom stereocenters. The molecule has 2 nitrogen and oxygen atoms in total. The first-order valence-electron chi connectivity index (χ1n) is 6.16. The maximum atomic E-state index is 13.1. The van der Waals surface area contributed by atoms with Gasteiger partial charge in [-0.25, -0.2) is 4.39 Å². The van der Waals surface area contributed by atoms with Crippen LogP contribution in [0.2, 0.25) is 5.02 Å². The lowest BCUT2D eigenvalue weighted by atomic mass is 9.98. The van der Waals surface area contributed by atoms with Crippen LogP contribution in [0.1, 0.15) is 22.7 Å². The molecule has 0 aliphatic carbocycles. The first-order chi connectivity index (χ1) is 9.49. The zero-order valence-electron chi connectivity index (χ0n) is 11.0. The van der Waals surface area contributed by atoms with Gasteiger partial charge in [-0.2, -0.15) is 0 Å². The molecule has 2 aromatic rings. The monoisotopic (exact) mass is 356 g/mol. The van der Waals surface area contributed by atoms with E-state index in [0.717, 1.165) is 21.2 Å². The molecule has 2 rings (SSSR count). The summed E-state index contributed by atoms with van der Waals surface area (Å²) in [5.74, 6) is 5.38. The predicted octanol–water partition coefficient (Wildman–Crippen LogP) is 4.30. The van der Waals surface area contributed by atoms with Gasteiger partial charge in [0.05, 0.1) is 6.04 Å². The van der Waals surface area contributed by atoms with E-state index in [1.54, 1.807) is 6.07 Å². The van der Waals surface area contributed by atoms with Crippen molar-refractivity contribution in [2.45, 2.75) is 19.4 Å². The van der Waals surface area contributed by atoms with Crippen LogP contribution >= 0.6 is 27.5 Å². The van der Waals surface area contributed by atoms with Crippen molar-refractivity contribution in [1.82, 2.24) is 5.43 Å². The molecule has 20 heavy (non-hydrogen) atoms. The summed E-state index contributed by atoms with van der Waals surface area (Å²) in [6, 6.07) is 10.4. The summed E-state index contributed by atoms with van der Waals surface area (Å²) in [6.07, 6.45) is 0.636. The van der Waals surface area contributed by atoms with E-state index in [0.29, 0.717) is 11.4 Å². The van der Waals surface area contributed by atoms with Crippen molar-refractivity contribution in [1.29, 1.82) is 0 Å². The fraction of sp³-hybridized carbons (Fsp3) is 0.200. The molecule has 0 aromatic heterocycles. The zero-order chi connectivity index (χ0) is 14.7. The second-order valence-electron chi connectivity index (χ2n) is 4.72. The summed E-state index contributed by atoms with van der Waals surface area (Å²) < 4.78 is 13.8. The summed E-state index contributed by atoms with van der Waals surface area (Å²) in [6.45, 7) is 1.98. The van der Waals surface area contributed by atoms with Gasteiger partial charge in [-0.1, -0.05) is 39.7 Å². The van der Waals surface area contributed by atoms with E-state index >= 15 is 0 Å². The lowest BCUT2D eigenvalue weighted by Crippen LogP contribution is -2.29. The lowest BCUT2D eigenvalue weighted by Gasteiger charge is -2.18.